The van der Waals surface area contributed by atoms with Crippen molar-refractivity contribution >= 4 is 28.9 Å². The Morgan fingerprint density at radius 1 is 1.09 bits per heavy atom. The van der Waals surface area contributed by atoms with Crippen LogP contribution in [-0.4, -0.2) is 35.2 Å². The predicted octanol–water partition coefficient (Wildman–Crippen LogP) is 4.27. The third-order valence-corrected chi connectivity index (χ3v) is 4.56. The molecular formula is C17H27NO4S. The Kier molecular flexibility index (Phi) is 9.67. The van der Waals surface area contributed by atoms with Gasteiger partial charge in [0.25, 0.3) is 11.1 Å². The lowest BCUT2D eigenvalue weighted by Gasteiger charge is -2.10. The van der Waals surface area contributed by atoms with E-state index < -0.39 is 11.2 Å². The maximum Gasteiger partial charge on any atom is 0.326 e. The van der Waals surface area contributed by atoms with Gasteiger partial charge in [0.1, 0.15) is 6.54 Å². The minimum Gasteiger partial charge on any atom is -0.465 e. The zero-order valence-corrected chi connectivity index (χ0v) is 15.0. The van der Waals surface area contributed by atoms with E-state index in [1.807, 2.05) is 6.08 Å². The molecule has 1 heterocycles. The molecular weight excluding hydrogens is 314 g/mol. The average Bonchev–Trinajstić information content (AvgIpc) is 2.78. The van der Waals surface area contributed by atoms with E-state index in [-0.39, 0.29) is 19.1 Å². The van der Waals surface area contributed by atoms with Crippen molar-refractivity contribution in [3.8, 4) is 0 Å². The van der Waals surface area contributed by atoms with Gasteiger partial charge in [0.15, 0.2) is 0 Å². The number of thioether (sulfide) groups is 1. The van der Waals surface area contributed by atoms with Crippen LogP contribution in [0.25, 0.3) is 0 Å². The fourth-order valence-corrected chi connectivity index (χ4v) is 3.19. The molecule has 0 aromatic rings. The summed E-state index contributed by atoms with van der Waals surface area (Å²) in [6.45, 7) is 3.83. The van der Waals surface area contributed by atoms with E-state index in [1.165, 1.54) is 32.1 Å². The maximum atomic E-state index is 12.1. The largest absolute Gasteiger partial charge is 0.465 e. The van der Waals surface area contributed by atoms with Gasteiger partial charge in [-0.05, 0) is 31.5 Å². The van der Waals surface area contributed by atoms with E-state index in [1.54, 1.807) is 6.92 Å². The van der Waals surface area contributed by atoms with Gasteiger partial charge in [-0.25, -0.2) is 0 Å². The Bertz CT molecular complexity index is 448. The third kappa shape index (κ3) is 7.20. The molecule has 0 aromatic heterocycles. The lowest BCUT2D eigenvalue weighted by atomic mass is 10.1. The summed E-state index contributed by atoms with van der Waals surface area (Å²) in [7, 11) is 0. The van der Waals surface area contributed by atoms with E-state index in [9.17, 15) is 14.4 Å². The van der Waals surface area contributed by atoms with Gasteiger partial charge in [0, 0.05) is 0 Å². The number of esters is 1. The maximum absolute atomic E-state index is 12.1. The Balaban J connectivity index is 2.30. The molecule has 0 aliphatic carbocycles. The van der Waals surface area contributed by atoms with Gasteiger partial charge >= 0.3 is 5.97 Å². The number of hydrogen-bond donors (Lipinski definition) is 0. The van der Waals surface area contributed by atoms with E-state index in [2.05, 4.69) is 6.92 Å². The van der Waals surface area contributed by atoms with Crippen LogP contribution in [0.3, 0.4) is 0 Å². The summed E-state index contributed by atoms with van der Waals surface area (Å²) >= 11 is 0.908. The van der Waals surface area contributed by atoms with E-state index in [0.29, 0.717) is 4.91 Å². The lowest BCUT2D eigenvalue weighted by Crippen LogP contribution is -2.34. The zero-order valence-electron chi connectivity index (χ0n) is 14.1. The van der Waals surface area contributed by atoms with Gasteiger partial charge in [-0.15, -0.1) is 0 Å². The van der Waals surface area contributed by atoms with E-state index in [0.717, 1.165) is 35.9 Å². The van der Waals surface area contributed by atoms with Gasteiger partial charge in [0.2, 0.25) is 0 Å². The highest BCUT2D eigenvalue weighted by Gasteiger charge is 2.36. The van der Waals surface area contributed by atoms with E-state index >= 15 is 0 Å². The SMILES string of the molecule is CCCCCCCCCC=C1SC(=O)N(CC(=O)OCC)C1=O. The van der Waals surface area contributed by atoms with Gasteiger partial charge in [-0.3, -0.25) is 19.3 Å². The van der Waals surface area contributed by atoms with Gasteiger partial charge in [-0.2, -0.15) is 0 Å². The molecule has 0 N–H and O–H groups in total. The Morgan fingerprint density at radius 3 is 2.39 bits per heavy atom. The van der Waals surface area contributed by atoms with Crippen molar-refractivity contribution in [2.75, 3.05) is 13.2 Å². The van der Waals surface area contributed by atoms with Crippen molar-refractivity contribution in [3.63, 3.8) is 0 Å². The second-order valence-electron chi connectivity index (χ2n) is 5.54. The molecule has 0 spiro atoms. The molecule has 0 aromatic carbocycles. The standard InChI is InChI=1S/C17H27NO4S/c1-3-5-6-7-8-9-10-11-12-14-16(20)18(17(21)23-14)13-15(19)22-4-2/h12H,3-11,13H2,1-2H3. The molecule has 6 heteroatoms. The molecule has 1 aliphatic rings. The predicted molar refractivity (Wildman–Crippen MR) is 92.0 cm³/mol. The lowest BCUT2D eigenvalue weighted by molar-refractivity contribution is -0.146. The number of nitrogens with zero attached hydrogens (tertiary/aromatic N) is 1. The smallest absolute Gasteiger partial charge is 0.326 e. The summed E-state index contributed by atoms with van der Waals surface area (Å²) in [6.07, 6.45) is 11.1. The topological polar surface area (TPSA) is 63.7 Å². The van der Waals surface area contributed by atoms with Crippen LogP contribution in [0.15, 0.2) is 11.0 Å². The highest BCUT2D eigenvalue weighted by Crippen LogP contribution is 2.31. The average molecular weight is 341 g/mol. The summed E-state index contributed by atoms with van der Waals surface area (Å²) in [5.41, 5.74) is 0. The van der Waals surface area contributed by atoms with Crippen LogP contribution in [-0.2, 0) is 14.3 Å². The van der Waals surface area contributed by atoms with Crippen molar-refractivity contribution in [1.82, 2.24) is 4.90 Å². The number of hydrogen-bond acceptors (Lipinski definition) is 5. The molecule has 1 aliphatic heterocycles. The van der Waals surface area contributed by atoms with Crippen LogP contribution in [0.2, 0.25) is 0 Å². The second-order valence-corrected chi connectivity index (χ2v) is 6.54. The fourth-order valence-electron chi connectivity index (χ4n) is 2.34. The monoisotopic (exact) mass is 341 g/mol. The van der Waals surface area contributed by atoms with Crippen LogP contribution in [0, 0.1) is 0 Å². The quantitative estimate of drug-likeness (QED) is 0.319. The number of carbonyl (C=O) groups excluding carboxylic acids is 3. The normalized spacial score (nSPS) is 16.4. The first-order valence-corrected chi connectivity index (χ1v) is 9.31. The Hall–Kier alpha value is -1.30. The molecule has 0 saturated carbocycles. The van der Waals surface area contributed by atoms with Crippen LogP contribution in [0.1, 0.15) is 65.2 Å². The number of amides is 2. The summed E-state index contributed by atoms with van der Waals surface area (Å²) in [6, 6.07) is 0. The molecule has 130 valence electrons. The minimum absolute atomic E-state index is 0.239. The minimum atomic E-state index is -0.553. The number of ether oxygens (including phenoxy) is 1. The summed E-state index contributed by atoms with van der Waals surface area (Å²) in [5.74, 6) is -0.931. The Labute approximate surface area is 142 Å². The van der Waals surface area contributed by atoms with Gasteiger partial charge in [0.05, 0.1) is 11.5 Å². The fraction of sp³-hybridized carbons (Fsp3) is 0.706. The first kappa shape index (κ1) is 19.7. The number of rotatable bonds is 11. The molecule has 1 rings (SSSR count). The Morgan fingerprint density at radius 2 is 1.74 bits per heavy atom. The van der Waals surface area contributed by atoms with Gasteiger partial charge in [-0.1, -0.05) is 51.5 Å². The molecule has 0 bridgehead atoms. The molecule has 1 fully saturated rings. The van der Waals surface area contributed by atoms with Crippen molar-refractivity contribution in [2.45, 2.75) is 65.2 Å². The summed E-state index contributed by atoms with van der Waals surface area (Å²) in [4.78, 5) is 36.7. The van der Waals surface area contributed by atoms with Crippen LogP contribution in [0.5, 0.6) is 0 Å². The number of allylic oxidation sites excluding steroid dienone is 1. The van der Waals surface area contributed by atoms with Crippen molar-refractivity contribution in [3.05, 3.63) is 11.0 Å². The zero-order chi connectivity index (χ0) is 17.1. The molecule has 23 heavy (non-hydrogen) atoms. The molecule has 5 nitrogen and oxygen atoms in total. The van der Waals surface area contributed by atoms with Crippen molar-refractivity contribution in [2.24, 2.45) is 0 Å². The van der Waals surface area contributed by atoms with E-state index in [4.69, 9.17) is 4.74 Å². The molecule has 0 radical (unpaired) electrons. The van der Waals surface area contributed by atoms with Crippen molar-refractivity contribution < 1.29 is 19.1 Å². The third-order valence-electron chi connectivity index (χ3n) is 3.60. The molecule has 0 unspecified atom stereocenters. The highest BCUT2D eigenvalue weighted by molar-refractivity contribution is 8.18. The molecule has 2 amide bonds. The summed E-state index contributed by atoms with van der Waals surface area (Å²) < 4.78 is 4.78. The van der Waals surface area contributed by atoms with Gasteiger partial charge < -0.3 is 4.74 Å². The molecule has 1 saturated heterocycles. The van der Waals surface area contributed by atoms with Crippen LogP contribution < -0.4 is 0 Å². The number of carbonyl (C=O) groups is 3. The van der Waals surface area contributed by atoms with Crippen LogP contribution >= 0.6 is 11.8 Å². The summed E-state index contributed by atoms with van der Waals surface area (Å²) in [5, 5.41) is -0.395. The molecule has 0 atom stereocenters. The number of imide groups is 1. The first-order valence-electron chi connectivity index (χ1n) is 8.49. The second kappa shape index (κ2) is 11.3. The highest BCUT2D eigenvalue weighted by atomic mass is 32.2. The van der Waals surface area contributed by atoms with Crippen LogP contribution in [0.4, 0.5) is 4.79 Å². The first-order chi connectivity index (χ1) is 11.1. The number of unbranched alkanes of at least 4 members (excludes halogenated alkanes) is 7. The van der Waals surface area contributed by atoms with Crippen molar-refractivity contribution in [1.29, 1.82) is 0 Å².